The summed E-state index contributed by atoms with van der Waals surface area (Å²) in [5.41, 5.74) is 3.35. The van der Waals surface area contributed by atoms with E-state index in [9.17, 15) is 4.79 Å². The molecule has 4 rings (SSSR count). The molecular formula is C23H23N3O2. The van der Waals surface area contributed by atoms with Crippen molar-refractivity contribution in [1.82, 2.24) is 14.7 Å². The quantitative estimate of drug-likeness (QED) is 0.488. The van der Waals surface area contributed by atoms with E-state index in [2.05, 4.69) is 5.10 Å². The lowest BCUT2D eigenvalue weighted by molar-refractivity contribution is 0.0706. The molecule has 0 saturated heterocycles. The molecule has 4 aromatic rings. The highest BCUT2D eigenvalue weighted by atomic mass is 16.3. The molecular weight excluding hydrogens is 350 g/mol. The molecule has 0 bridgehead atoms. The molecule has 0 aliphatic rings. The number of aryl methyl sites for hydroxylation is 2. The minimum absolute atomic E-state index is 0.0493. The SMILES string of the molecule is CCn1nc(C)cc1C(=O)N(Cc1ccccc1)Cc1cc2ccccc2o1. The fraction of sp³-hybridized carbons (Fsp3) is 0.217. The van der Waals surface area contributed by atoms with Gasteiger partial charge in [-0.2, -0.15) is 5.10 Å². The van der Waals surface area contributed by atoms with Crippen LogP contribution < -0.4 is 0 Å². The predicted octanol–water partition coefficient (Wildman–Crippen LogP) is 4.80. The third-order valence-corrected chi connectivity index (χ3v) is 4.75. The molecule has 2 aromatic carbocycles. The Kier molecular flexibility index (Phi) is 4.98. The Morgan fingerprint density at radius 3 is 2.54 bits per heavy atom. The number of hydrogen-bond acceptors (Lipinski definition) is 3. The fourth-order valence-corrected chi connectivity index (χ4v) is 3.43. The largest absolute Gasteiger partial charge is 0.459 e. The first kappa shape index (κ1) is 18.0. The Morgan fingerprint density at radius 2 is 1.79 bits per heavy atom. The average Bonchev–Trinajstić information content (AvgIpc) is 3.30. The van der Waals surface area contributed by atoms with Crippen LogP contribution in [0.2, 0.25) is 0 Å². The lowest BCUT2D eigenvalue weighted by Gasteiger charge is -2.22. The van der Waals surface area contributed by atoms with Crippen molar-refractivity contribution in [3.05, 3.63) is 89.4 Å². The maximum Gasteiger partial charge on any atom is 0.272 e. The average molecular weight is 373 g/mol. The van der Waals surface area contributed by atoms with Gasteiger partial charge in [-0.1, -0.05) is 48.5 Å². The molecule has 2 aromatic heterocycles. The van der Waals surface area contributed by atoms with Crippen LogP contribution in [-0.4, -0.2) is 20.6 Å². The monoisotopic (exact) mass is 373 g/mol. The molecule has 0 unspecified atom stereocenters. The van der Waals surface area contributed by atoms with Crippen molar-refractivity contribution >= 4 is 16.9 Å². The van der Waals surface area contributed by atoms with E-state index in [0.717, 1.165) is 28.0 Å². The summed E-state index contributed by atoms with van der Waals surface area (Å²) in [5.74, 6) is 0.719. The van der Waals surface area contributed by atoms with Crippen molar-refractivity contribution < 1.29 is 9.21 Å². The number of furan rings is 1. The number of amides is 1. The van der Waals surface area contributed by atoms with E-state index in [1.807, 2.05) is 85.5 Å². The molecule has 0 aliphatic carbocycles. The van der Waals surface area contributed by atoms with Gasteiger partial charge >= 0.3 is 0 Å². The minimum Gasteiger partial charge on any atom is -0.459 e. The Morgan fingerprint density at radius 1 is 1.04 bits per heavy atom. The molecule has 5 heteroatoms. The number of aromatic nitrogens is 2. The summed E-state index contributed by atoms with van der Waals surface area (Å²) in [6, 6.07) is 21.7. The van der Waals surface area contributed by atoms with Gasteiger partial charge in [0, 0.05) is 18.5 Å². The van der Waals surface area contributed by atoms with Crippen LogP contribution in [0, 0.1) is 6.92 Å². The Labute approximate surface area is 164 Å². The molecule has 0 saturated carbocycles. The van der Waals surface area contributed by atoms with Crippen LogP contribution in [0.4, 0.5) is 0 Å². The van der Waals surface area contributed by atoms with E-state index in [-0.39, 0.29) is 5.91 Å². The van der Waals surface area contributed by atoms with Gasteiger partial charge < -0.3 is 9.32 Å². The number of para-hydroxylation sites is 1. The number of benzene rings is 2. The van der Waals surface area contributed by atoms with Crippen molar-refractivity contribution in [3.8, 4) is 0 Å². The summed E-state index contributed by atoms with van der Waals surface area (Å²) in [6.45, 7) is 5.45. The highest BCUT2D eigenvalue weighted by Gasteiger charge is 2.22. The Hall–Kier alpha value is -3.34. The van der Waals surface area contributed by atoms with E-state index in [4.69, 9.17) is 4.42 Å². The third-order valence-electron chi connectivity index (χ3n) is 4.75. The van der Waals surface area contributed by atoms with Crippen molar-refractivity contribution in [3.63, 3.8) is 0 Å². The molecule has 1 amide bonds. The summed E-state index contributed by atoms with van der Waals surface area (Å²) < 4.78 is 7.73. The Balaban J connectivity index is 1.67. The highest BCUT2D eigenvalue weighted by Crippen LogP contribution is 2.22. The van der Waals surface area contributed by atoms with Crippen molar-refractivity contribution in [2.45, 2.75) is 33.5 Å². The van der Waals surface area contributed by atoms with Gasteiger partial charge in [-0.05, 0) is 37.6 Å². The molecule has 142 valence electrons. The van der Waals surface area contributed by atoms with Crippen molar-refractivity contribution in [2.24, 2.45) is 0 Å². The Bertz CT molecular complexity index is 1060. The van der Waals surface area contributed by atoms with Gasteiger partial charge in [0.25, 0.3) is 5.91 Å². The first-order valence-corrected chi connectivity index (χ1v) is 9.49. The molecule has 5 nitrogen and oxygen atoms in total. The molecule has 0 N–H and O–H groups in total. The summed E-state index contributed by atoms with van der Waals surface area (Å²) in [5, 5.41) is 5.47. The van der Waals surface area contributed by atoms with Crippen LogP contribution in [0.1, 0.15) is 34.4 Å². The van der Waals surface area contributed by atoms with E-state index in [1.54, 1.807) is 4.68 Å². The smallest absolute Gasteiger partial charge is 0.272 e. The van der Waals surface area contributed by atoms with E-state index in [1.165, 1.54) is 0 Å². The second kappa shape index (κ2) is 7.72. The lowest BCUT2D eigenvalue weighted by Crippen LogP contribution is -2.31. The van der Waals surface area contributed by atoms with Crippen LogP contribution in [0.3, 0.4) is 0 Å². The van der Waals surface area contributed by atoms with Gasteiger partial charge in [-0.3, -0.25) is 9.48 Å². The second-order valence-corrected chi connectivity index (χ2v) is 6.88. The number of hydrogen-bond donors (Lipinski definition) is 0. The number of nitrogens with zero attached hydrogens (tertiary/aromatic N) is 3. The van der Waals surface area contributed by atoms with E-state index >= 15 is 0 Å². The van der Waals surface area contributed by atoms with Crippen molar-refractivity contribution in [2.75, 3.05) is 0 Å². The molecule has 0 radical (unpaired) electrons. The van der Waals surface area contributed by atoms with E-state index in [0.29, 0.717) is 25.3 Å². The summed E-state index contributed by atoms with van der Waals surface area (Å²) >= 11 is 0. The molecule has 0 fully saturated rings. The number of carbonyl (C=O) groups excluding carboxylic acids is 1. The molecule has 0 spiro atoms. The molecule has 2 heterocycles. The van der Waals surface area contributed by atoms with E-state index < -0.39 is 0 Å². The zero-order valence-corrected chi connectivity index (χ0v) is 16.1. The lowest BCUT2D eigenvalue weighted by atomic mass is 10.2. The number of carbonyl (C=O) groups is 1. The summed E-state index contributed by atoms with van der Waals surface area (Å²) in [7, 11) is 0. The molecule has 0 atom stereocenters. The van der Waals surface area contributed by atoms with Crippen LogP contribution in [0.5, 0.6) is 0 Å². The first-order chi connectivity index (χ1) is 13.6. The standard InChI is InChI=1S/C23H23N3O2/c1-3-26-21(13-17(2)24-26)23(27)25(15-18-9-5-4-6-10-18)16-20-14-19-11-7-8-12-22(19)28-20/h4-14H,3,15-16H2,1-2H3. The second-order valence-electron chi connectivity index (χ2n) is 6.88. The predicted molar refractivity (Wildman–Crippen MR) is 109 cm³/mol. The highest BCUT2D eigenvalue weighted by molar-refractivity contribution is 5.92. The minimum atomic E-state index is -0.0493. The van der Waals surface area contributed by atoms with Crippen molar-refractivity contribution in [1.29, 1.82) is 0 Å². The van der Waals surface area contributed by atoms with Crippen LogP contribution >= 0.6 is 0 Å². The number of rotatable bonds is 6. The van der Waals surface area contributed by atoms with Gasteiger partial charge in [0.15, 0.2) is 0 Å². The van der Waals surface area contributed by atoms with Gasteiger partial charge in [-0.15, -0.1) is 0 Å². The zero-order chi connectivity index (χ0) is 19.5. The first-order valence-electron chi connectivity index (χ1n) is 9.49. The van der Waals surface area contributed by atoms with Crippen LogP contribution in [0.15, 0.2) is 71.1 Å². The van der Waals surface area contributed by atoms with Gasteiger partial charge in [0.05, 0.1) is 12.2 Å². The molecule has 0 aliphatic heterocycles. The maximum absolute atomic E-state index is 13.4. The maximum atomic E-state index is 13.4. The van der Waals surface area contributed by atoms with Gasteiger partial charge in [-0.25, -0.2) is 0 Å². The third kappa shape index (κ3) is 3.69. The number of fused-ring (bicyclic) bond motifs is 1. The molecule has 28 heavy (non-hydrogen) atoms. The van der Waals surface area contributed by atoms with Gasteiger partial charge in [0.1, 0.15) is 17.0 Å². The van der Waals surface area contributed by atoms with Gasteiger partial charge in [0.2, 0.25) is 0 Å². The summed E-state index contributed by atoms with van der Waals surface area (Å²) in [6.07, 6.45) is 0. The topological polar surface area (TPSA) is 51.3 Å². The van der Waals surface area contributed by atoms with Crippen LogP contribution in [-0.2, 0) is 19.6 Å². The van der Waals surface area contributed by atoms with Crippen LogP contribution in [0.25, 0.3) is 11.0 Å². The normalized spacial score (nSPS) is 11.1. The summed E-state index contributed by atoms with van der Waals surface area (Å²) in [4.78, 5) is 15.2. The fourth-order valence-electron chi connectivity index (χ4n) is 3.43. The zero-order valence-electron chi connectivity index (χ0n) is 16.1.